The molecule has 1 aliphatic heterocycles. The molecule has 0 aromatic heterocycles. The van der Waals surface area contributed by atoms with Crippen LogP contribution in [-0.4, -0.2) is 52.5 Å². The fourth-order valence-electron chi connectivity index (χ4n) is 4.27. The molecule has 1 aromatic rings. The molecule has 3 rings (SSSR count). The summed E-state index contributed by atoms with van der Waals surface area (Å²) in [5, 5.41) is 9.54. The summed E-state index contributed by atoms with van der Waals surface area (Å²) in [5.41, 5.74) is 0.463. The van der Waals surface area contributed by atoms with Crippen molar-refractivity contribution in [2.24, 2.45) is 5.92 Å². The van der Waals surface area contributed by atoms with Crippen molar-refractivity contribution in [3.05, 3.63) is 35.6 Å². The second-order valence-electron chi connectivity index (χ2n) is 7.22. The Morgan fingerprint density at radius 3 is 2.72 bits per heavy atom. The molecular formula is C19H25FN2O3. The summed E-state index contributed by atoms with van der Waals surface area (Å²) >= 11 is 0. The van der Waals surface area contributed by atoms with Crippen molar-refractivity contribution in [1.29, 1.82) is 0 Å². The van der Waals surface area contributed by atoms with Crippen molar-refractivity contribution in [3.63, 3.8) is 0 Å². The second-order valence-corrected chi connectivity index (χ2v) is 7.22. The van der Waals surface area contributed by atoms with Gasteiger partial charge < -0.3 is 10.0 Å². The van der Waals surface area contributed by atoms with Gasteiger partial charge >= 0.3 is 5.97 Å². The number of aliphatic carboxylic acids is 1. The summed E-state index contributed by atoms with van der Waals surface area (Å²) in [5.74, 6) is -0.974. The largest absolute Gasteiger partial charge is 0.480 e. The Bertz CT molecular complexity index is 651. The number of likely N-dealkylation sites (tertiary alicyclic amines) is 1. The molecule has 25 heavy (non-hydrogen) atoms. The zero-order valence-corrected chi connectivity index (χ0v) is 14.5. The summed E-state index contributed by atoms with van der Waals surface area (Å²) in [4.78, 5) is 27.6. The normalized spacial score (nSPS) is 26.2. The van der Waals surface area contributed by atoms with Gasteiger partial charge in [-0.1, -0.05) is 31.0 Å². The third kappa shape index (κ3) is 3.84. The minimum atomic E-state index is -0.848. The van der Waals surface area contributed by atoms with Gasteiger partial charge in [0.2, 0.25) is 5.91 Å². The average Bonchev–Trinajstić information content (AvgIpc) is 2.96. The van der Waals surface area contributed by atoms with Gasteiger partial charge in [0.05, 0.1) is 6.54 Å². The van der Waals surface area contributed by atoms with Gasteiger partial charge in [0.15, 0.2) is 0 Å². The lowest BCUT2D eigenvalue weighted by molar-refractivity contribution is -0.144. The molecule has 2 aliphatic rings. The Morgan fingerprint density at radius 2 is 2.00 bits per heavy atom. The topological polar surface area (TPSA) is 60.9 Å². The quantitative estimate of drug-likeness (QED) is 0.888. The van der Waals surface area contributed by atoms with E-state index >= 15 is 0 Å². The van der Waals surface area contributed by atoms with E-state index in [9.17, 15) is 19.1 Å². The van der Waals surface area contributed by atoms with Crippen LogP contribution in [0, 0.1) is 11.7 Å². The first-order chi connectivity index (χ1) is 12.0. The highest BCUT2D eigenvalue weighted by Crippen LogP contribution is 2.39. The monoisotopic (exact) mass is 348 g/mol. The van der Waals surface area contributed by atoms with Crippen molar-refractivity contribution in [3.8, 4) is 0 Å². The molecule has 1 amide bonds. The number of carbonyl (C=O) groups is 2. The number of rotatable bonds is 5. The summed E-state index contributed by atoms with van der Waals surface area (Å²) in [6.07, 6.45) is 4.86. The smallest absolute Gasteiger partial charge is 0.320 e. The second kappa shape index (κ2) is 7.52. The van der Waals surface area contributed by atoms with Crippen LogP contribution in [0.3, 0.4) is 0 Å². The minimum absolute atomic E-state index is 0.0864. The van der Waals surface area contributed by atoms with Gasteiger partial charge in [-0.2, -0.15) is 0 Å². The van der Waals surface area contributed by atoms with Crippen LogP contribution in [-0.2, 0) is 16.1 Å². The molecule has 0 spiro atoms. The molecule has 2 fully saturated rings. The lowest BCUT2D eigenvalue weighted by Gasteiger charge is -2.33. The Morgan fingerprint density at radius 1 is 1.28 bits per heavy atom. The first-order valence-corrected chi connectivity index (χ1v) is 8.93. The summed E-state index contributed by atoms with van der Waals surface area (Å²) in [7, 11) is 1.64. The fraction of sp³-hybridized carbons (Fsp3) is 0.579. The first kappa shape index (κ1) is 17.9. The van der Waals surface area contributed by atoms with E-state index in [0.29, 0.717) is 17.9 Å². The van der Waals surface area contributed by atoms with E-state index in [-0.39, 0.29) is 30.9 Å². The SMILES string of the molecule is CN(Cc1ccccc1F)C(=O)CN1[C@@H]2CCCC[C@H]2C[C@H]1C(=O)O. The number of carboxylic acids is 1. The summed E-state index contributed by atoms with van der Waals surface area (Å²) in [6, 6.07) is 5.99. The molecule has 1 heterocycles. The highest BCUT2D eigenvalue weighted by Gasteiger charge is 2.45. The van der Waals surface area contributed by atoms with Crippen molar-refractivity contribution in [2.75, 3.05) is 13.6 Å². The lowest BCUT2D eigenvalue weighted by atomic mass is 9.85. The van der Waals surface area contributed by atoms with E-state index < -0.39 is 12.0 Å². The number of benzene rings is 1. The molecule has 6 heteroatoms. The number of nitrogens with zero attached hydrogens (tertiary/aromatic N) is 2. The number of halogens is 1. The lowest BCUT2D eigenvalue weighted by Crippen LogP contribution is -2.47. The van der Waals surface area contributed by atoms with Crippen LogP contribution in [0.5, 0.6) is 0 Å². The molecular weight excluding hydrogens is 323 g/mol. The molecule has 0 unspecified atom stereocenters. The minimum Gasteiger partial charge on any atom is -0.480 e. The molecule has 0 bridgehead atoms. The molecule has 5 nitrogen and oxygen atoms in total. The third-order valence-corrected chi connectivity index (χ3v) is 5.62. The number of carbonyl (C=O) groups excluding carboxylic acids is 1. The van der Waals surface area contributed by atoms with E-state index in [1.54, 1.807) is 25.2 Å². The average molecular weight is 348 g/mol. The molecule has 3 atom stereocenters. The maximum absolute atomic E-state index is 13.8. The van der Waals surface area contributed by atoms with Crippen LogP contribution in [0.2, 0.25) is 0 Å². The van der Waals surface area contributed by atoms with E-state index in [0.717, 1.165) is 25.7 Å². The number of amides is 1. The van der Waals surface area contributed by atoms with E-state index in [1.807, 2.05) is 4.90 Å². The predicted molar refractivity (Wildman–Crippen MR) is 91.4 cm³/mol. The third-order valence-electron chi connectivity index (χ3n) is 5.62. The van der Waals surface area contributed by atoms with Crippen molar-refractivity contribution in [2.45, 2.75) is 50.7 Å². The zero-order valence-electron chi connectivity index (χ0n) is 14.5. The molecule has 1 aromatic carbocycles. The van der Waals surface area contributed by atoms with Gasteiger partial charge in [-0.3, -0.25) is 14.5 Å². The van der Waals surface area contributed by atoms with Crippen LogP contribution >= 0.6 is 0 Å². The zero-order chi connectivity index (χ0) is 18.0. The van der Waals surface area contributed by atoms with E-state index in [2.05, 4.69) is 0 Å². The van der Waals surface area contributed by atoms with Gasteiger partial charge in [-0.15, -0.1) is 0 Å². The maximum atomic E-state index is 13.8. The van der Waals surface area contributed by atoms with Crippen molar-refractivity contribution in [1.82, 2.24) is 9.80 Å². The van der Waals surface area contributed by atoms with Gasteiger partial charge in [-0.25, -0.2) is 4.39 Å². The van der Waals surface area contributed by atoms with E-state index in [4.69, 9.17) is 0 Å². The summed E-state index contributed by atoms with van der Waals surface area (Å²) in [6.45, 7) is 0.272. The molecule has 1 N–H and O–H groups in total. The Labute approximate surface area is 147 Å². The van der Waals surface area contributed by atoms with Crippen molar-refractivity contribution >= 4 is 11.9 Å². The van der Waals surface area contributed by atoms with Crippen molar-refractivity contribution < 1.29 is 19.1 Å². The van der Waals surface area contributed by atoms with Gasteiger partial charge in [0, 0.05) is 25.2 Å². The van der Waals surface area contributed by atoms with Crippen LogP contribution in [0.4, 0.5) is 4.39 Å². The van der Waals surface area contributed by atoms with Gasteiger partial charge in [0.25, 0.3) is 0 Å². The molecule has 136 valence electrons. The number of fused-ring (bicyclic) bond motifs is 1. The molecule has 1 saturated heterocycles. The predicted octanol–water partition coefficient (Wildman–Crippen LogP) is 2.50. The standard InChI is InChI=1S/C19H25FN2O3/c1-21(11-14-7-2-4-8-15(14)20)18(23)12-22-16-9-5-3-6-13(16)10-17(22)19(24)25/h2,4,7-8,13,16-17H,3,5-6,9-12H2,1H3,(H,24,25)/t13-,16+,17-/m0/s1. The number of likely N-dealkylation sites (N-methyl/N-ethyl adjacent to an activating group) is 1. The highest BCUT2D eigenvalue weighted by atomic mass is 19.1. The van der Waals surface area contributed by atoms with Gasteiger partial charge in [0.1, 0.15) is 11.9 Å². The molecule has 1 aliphatic carbocycles. The van der Waals surface area contributed by atoms with Crippen LogP contribution in [0.1, 0.15) is 37.7 Å². The molecule has 1 saturated carbocycles. The number of hydrogen-bond acceptors (Lipinski definition) is 3. The van der Waals surface area contributed by atoms with E-state index in [1.165, 1.54) is 11.0 Å². The van der Waals surface area contributed by atoms with Gasteiger partial charge in [-0.05, 0) is 31.2 Å². The highest BCUT2D eigenvalue weighted by molar-refractivity contribution is 5.80. The Hall–Kier alpha value is -1.95. The Balaban J connectivity index is 1.67. The van der Waals surface area contributed by atoms with Crippen LogP contribution in [0.15, 0.2) is 24.3 Å². The Kier molecular flexibility index (Phi) is 5.37. The first-order valence-electron chi connectivity index (χ1n) is 8.93. The fourth-order valence-corrected chi connectivity index (χ4v) is 4.27. The number of hydrogen-bond donors (Lipinski definition) is 1. The van der Waals surface area contributed by atoms with Crippen LogP contribution in [0.25, 0.3) is 0 Å². The molecule has 0 radical (unpaired) electrons. The summed E-state index contributed by atoms with van der Waals surface area (Å²) < 4.78 is 13.8. The maximum Gasteiger partial charge on any atom is 0.320 e. The van der Waals surface area contributed by atoms with Crippen LogP contribution < -0.4 is 0 Å². The number of carboxylic acid groups (broad SMARTS) is 1.